The molecule has 0 saturated heterocycles. The summed E-state index contributed by atoms with van der Waals surface area (Å²) in [6.07, 6.45) is 2.15. The fourth-order valence-corrected chi connectivity index (χ4v) is 2.49. The molecule has 1 aromatic carbocycles. The van der Waals surface area contributed by atoms with Crippen molar-refractivity contribution in [2.45, 2.75) is 19.4 Å². The third kappa shape index (κ3) is 5.58. The maximum Gasteiger partial charge on any atom is 0.317 e. The summed E-state index contributed by atoms with van der Waals surface area (Å²) >= 11 is 12.2. The molecule has 116 valence electrons. The maximum absolute atomic E-state index is 12.1. The van der Waals surface area contributed by atoms with Crippen molar-refractivity contribution in [3.8, 4) is 0 Å². The predicted molar refractivity (Wildman–Crippen MR) is 87.0 cm³/mol. The van der Waals surface area contributed by atoms with E-state index in [1.807, 2.05) is 6.92 Å². The first-order chi connectivity index (χ1) is 9.99. The molecule has 0 aliphatic heterocycles. The molecular formula is C15H20Cl2N2O2. The van der Waals surface area contributed by atoms with E-state index in [4.69, 9.17) is 28.3 Å². The molecule has 0 spiro atoms. The highest BCUT2D eigenvalue weighted by Crippen LogP contribution is 2.25. The Balaban J connectivity index is 2.65. The number of nitrogens with one attached hydrogen (secondary N) is 1. The molecule has 0 fully saturated rings. The molecule has 1 atom stereocenters. The second-order valence-electron chi connectivity index (χ2n) is 4.71. The van der Waals surface area contributed by atoms with E-state index in [0.717, 1.165) is 5.56 Å². The lowest BCUT2D eigenvalue weighted by Gasteiger charge is -2.23. The van der Waals surface area contributed by atoms with E-state index in [0.29, 0.717) is 23.0 Å². The van der Waals surface area contributed by atoms with Gasteiger partial charge in [0.1, 0.15) is 0 Å². The maximum atomic E-state index is 12.1. The van der Waals surface area contributed by atoms with Crippen LogP contribution in [-0.2, 0) is 6.42 Å². The topological polar surface area (TPSA) is 52.6 Å². The minimum Gasteiger partial charge on any atom is -0.395 e. The van der Waals surface area contributed by atoms with Crippen LogP contribution in [0.1, 0.15) is 12.5 Å². The zero-order valence-corrected chi connectivity index (χ0v) is 13.5. The number of hydrogen-bond donors (Lipinski definition) is 2. The van der Waals surface area contributed by atoms with Crippen LogP contribution in [0.2, 0.25) is 10.0 Å². The molecule has 2 N–H and O–H groups in total. The Morgan fingerprint density at radius 3 is 2.62 bits per heavy atom. The number of halogens is 2. The Morgan fingerprint density at radius 1 is 1.48 bits per heavy atom. The monoisotopic (exact) mass is 330 g/mol. The van der Waals surface area contributed by atoms with Gasteiger partial charge < -0.3 is 15.3 Å². The molecule has 0 heterocycles. The van der Waals surface area contributed by atoms with Gasteiger partial charge in [0.2, 0.25) is 0 Å². The number of carbonyl (C=O) groups excluding carboxylic acids is 1. The first kappa shape index (κ1) is 17.8. The smallest absolute Gasteiger partial charge is 0.317 e. The molecule has 0 radical (unpaired) electrons. The Labute approximate surface area is 135 Å². The number of aliphatic hydroxyl groups excluding tert-OH is 1. The molecule has 21 heavy (non-hydrogen) atoms. The number of aliphatic hydroxyl groups is 1. The van der Waals surface area contributed by atoms with Crippen molar-refractivity contribution >= 4 is 29.2 Å². The van der Waals surface area contributed by atoms with E-state index < -0.39 is 0 Å². The molecule has 0 bridgehead atoms. The highest BCUT2D eigenvalue weighted by atomic mass is 35.5. The summed E-state index contributed by atoms with van der Waals surface area (Å²) in [5.74, 6) is 0. The average molecular weight is 331 g/mol. The summed E-state index contributed by atoms with van der Waals surface area (Å²) in [6, 6.07) is 4.94. The molecule has 4 nitrogen and oxygen atoms in total. The molecule has 2 amide bonds. The molecule has 1 unspecified atom stereocenters. The zero-order chi connectivity index (χ0) is 15.8. The van der Waals surface area contributed by atoms with Crippen LogP contribution in [0.5, 0.6) is 0 Å². The largest absolute Gasteiger partial charge is 0.395 e. The average Bonchev–Trinajstić information content (AvgIpc) is 2.42. The summed E-state index contributed by atoms with van der Waals surface area (Å²) < 4.78 is 0. The first-order valence-electron chi connectivity index (χ1n) is 6.69. The van der Waals surface area contributed by atoms with Crippen LogP contribution < -0.4 is 5.32 Å². The van der Waals surface area contributed by atoms with Crippen molar-refractivity contribution in [2.24, 2.45) is 0 Å². The van der Waals surface area contributed by atoms with Crippen LogP contribution in [-0.4, -0.2) is 41.8 Å². The van der Waals surface area contributed by atoms with Gasteiger partial charge in [0.25, 0.3) is 0 Å². The molecule has 1 aromatic rings. The Kier molecular flexibility index (Phi) is 7.57. The quantitative estimate of drug-likeness (QED) is 0.755. The Hall–Kier alpha value is -1.23. The van der Waals surface area contributed by atoms with Crippen LogP contribution in [0, 0.1) is 0 Å². The lowest BCUT2D eigenvalue weighted by atomic mass is 10.1. The van der Waals surface area contributed by atoms with Gasteiger partial charge in [-0.05, 0) is 31.0 Å². The lowest BCUT2D eigenvalue weighted by molar-refractivity contribution is 0.181. The van der Waals surface area contributed by atoms with Gasteiger partial charge in [-0.25, -0.2) is 4.79 Å². The number of amides is 2. The standard InChI is InChI=1S/C15H20Cl2N2O2/c1-3-7-19(8-9-20)15(21)18-11(2)10-12-13(16)5-4-6-14(12)17/h3-6,11,20H,1,7-10H2,2H3,(H,18,21). The van der Waals surface area contributed by atoms with E-state index >= 15 is 0 Å². The molecule has 0 aromatic heterocycles. The number of rotatable bonds is 7. The first-order valence-corrected chi connectivity index (χ1v) is 7.45. The number of benzene rings is 1. The highest BCUT2D eigenvalue weighted by Gasteiger charge is 2.16. The van der Waals surface area contributed by atoms with Gasteiger partial charge in [-0.2, -0.15) is 0 Å². The van der Waals surface area contributed by atoms with Gasteiger partial charge >= 0.3 is 6.03 Å². The minimum atomic E-state index is -0.250. The third-order valence-corrected chi connectivity index (χ3v) is 3.66. The number of hydrogen-bond acceptors (Lipinski definition) is 2. The number of urea groups is 1. The zero-order valence-electron chi connectivity index (χ0n) is 12.0. The molecule has 6 heteroatoms. The van der Waals surface area contributed by atoms with E-state index in [1.54, 1.807) is 24.3 Å². The predicted octanol–water partition coefficient (Wildman–Crippen LogP) is 3.11. The van der Waals surface area contributed by atoms with Gasteiger partial charge in [0, 0.05) is 29.2 Å². The van der Waals surface area contributed by atoms with Gasteiger partial charge in [-0.3, -0.25) is 0 Å². The molecular weight excluding hydrogens is 311 g/mol. The fraction of sp³-hybridized carbons (Fsp3) is 0.400. The SMILES string of the molecule is C=CCN(CCO)C(=O)NC(C)Cc1c(Cl)cccc1Cl. The summed E-state index contributed by atoms with van der Waals surface area (Å²) in [7, 11) is 0. The van der Waals surface area contributed by atoms with Gasteiger partial charge in [-0.15, -0.1) is 6.58 Å². The summed E-state index contributed by atoms with van der Waals surface area (Å²) in [5, 5.41) is 13.0. The van der Waals surface area contributed by atoms with Crippen LogP contribution in [0.4, 0.5) is 4.79 Å². The summed E-state index contributed by atoms with van der Waals surface area (Å²) in [5.41, 5.74) is 0.811. The van der Waals surface area contributed by atoms with Crippen molar-refractivity contribution in [3.63, 3.8) is 0 Å². The van der Waals surface area contributed by atoms with Gasteiger partial charge in [0.15, 0.2) is 0 Å². The molecule has 0 saturated carbocycles. The minimum absolute atomic E-state index is 0.0913. The summed E-state index contributed by atoms with van der Waals surface area (Å²) in [6.45, 7) is 6.03. The molecule has 0 aliphatic carbocycles. The molecule has 0 aliphatic rings. The van der Waals surface area contributed by atoms with Crippen molar-refractivity contribution in [1.29, 1.82) is 0 Å². The Bertz CT molecular complexity index is 474. The van der Waals surface area contributed by atoms with Crippen molar-refractivity contribution in [2.75, 3.05) is 19.7 Å². The Morgan fingerprint density at radius 2 is 2.10 bits per heavy atom. The fourth-order valence-electron chi connectivity index (χ4n) is 1.94. The van der Waals surface area contributed by atoms with Crippen molar-refractivity contribution in [1.82, 2.24) is 10.2 Å². The number of carbonyl (C=O) groups is 1. The van der Waals surface area contributed by atoms with E-state index in [1.165, 1.54) is 4.90 Å². The molecule has 1 rings (SSSR count). The van der Waals surface area contributed by atoms with Crippen LogP contribution in [0.15, 0.2) is 30.9 Å². The van der Waals surface area contributed by atoms with Crippen LogP contribution in [0.3, 0.4) is 0 Å². The van der Waals surface area contributed by atoms with Crippen molar-refractivity contribution in [3.05, 3.63) is 46.5 Å². The van der Waals surface area contributed by atoms with Crippen molar-refractivity contribution < 1.29 is 9.90 Å². The lowest BCUT2D eigenvalue weighted by Crippen LogP contribution is -2.45. The highest BCUT2D eigenvalue weighted by molar-refractivity contribution is 6.36. The normalized spacial score (nSPS) is 11.8. The van der Waals surface area contributed by atoms with E-state index in [-0.39, 0.29) is 25.2 Å². The summed E-state index contributed by atoms with van der Waals surface area (Å²) in [4.78, 5) is 13.6. The van der Waals surface area contributed by atoms with Gasteiger partial charge in [0.05, 0.1) is 6.61 Å². The number of nitrogens with zero attached hydrogens (tertiary/aromatic N) is 1. The van der Waals surface area contributed by atoms with Crippen LogP contribution >= 0.6 is 23.2 Å². The third-order valence-electron chi connectivity index (χ3n) is 2.95. The van der Waals surface area contributed by atoms with Crippen LogP contribution in [0.25, 0.3) is 0 Å². The van der Waals surface area contributed by atoms with E-state index in [2.05, 4.69) is 11.9 Å². The van der Waals surface area contributed by atoms with E-state index in [9.17, 15) is 4.79 Å². The second kappa shape index (κ2) is 8.93. The second-order valence-corrected chi connectivity index (χ2v) is 5.53. The van der Waals surface area contributed by atoms with Gasteiger partial charge in [-0.1, -0.05) is 35.3 Å².